The normalized spacial score (nSPS) is 11.0. The molecule has 0 aliphatic heterocycles. The fourth-order valence-corrected chi connectivity index (χ4v) is 2.61. The van der Waals surface area contributed by atoms with E-state index < -0.39 is 8.80 Å². The van der Waals surface area contributed by atoms with E-state index in [9.17, 15) is 0 Å². The van der Waals surface area contributed by atoms with Crippen LogP contribution in [0.3, 0.4) is 0 Å². The van der Waals surface area contributed by atoms with Crippen molar-refractivity contribution in [2.24, 2.45) is 0 Å². The van der Waals surface area contributed by atoms with E-state index in [0.29, 0.717) is 0 Å². The van der Waals surface area contributed by atoms with E-state index in [1.165, 1.54) is 16.0 Å². The van der Waals surface area contributed by atoms with Crippen molar-refractivity contribution in [1.29, 1.82) is 0 Å². The Morgan fingerprint density at radius 2 is 1.85 bits per heavy atom. The molecule has 1 radical (unpaired) electrons. The van der Waals surface area contributed by atoms with Crippen LogP contribution >= 0.6 is 0 Å². The van der Waals surface area contributed by atoms with Gasteiger partial charge >= 0.3 is 0 Å². The number of nitrogens with zero attached hydrogens (tertiary/aromatic N) is 1. The lowest BCUT2D eigenvalue weighted by molar-refractivity contribution is 1.38. The van der Waals surface area contributed by atoms with Crippen molar-refractivity contribution in [3.8, 4) is 0 Å². The fourth-order valence-electron chi connectivity index (χ4n) is 1.51. The predicted molar refractivity (Wildman–Crippen MR) is 58.9 cm³/mol. The number of aromatic nitrogens is 1. The van der Waals surface area contributed by atoms with Gasteiger partial charge in [-0.2, -0.15) is 0 Å². The van der Waals surface area contributed by atoms with Crippen molar-refractivity contribution in [3.63, 3.8) is 0 Å². The van der Waals surface area contributed by atoms with Gasteiger partial charge < -0.3 is 0 Å². The Morgan fingerprint density at radius 1 is 1.08 bits per heavy atom. The van der Waals surface area contributed by atoms with E-state index in [0.717, 1.165) is 0 Å². The van der Waals surface area contributed by atoms with Gasteiger partial charge in [0.2, 0.25) is 0 Å². The summed E-state index contributed by atoms with van der Waals surface area (Å²) in [6.07, 6.45) is 3.94. The SMILES string of the molecule is C[Si](C)c1cncc2ccccc12. The second-order valence-corrected chi connectivity index (χ2v) is 5.95. The summed E-state index contributed by atoms with van der Waals surface area (Å²) in [7, 11) is -0.400. The molecule has 0 unspecified atom stereocenters. The number of rotatable bonds is 1. The second kappa shape index (κ2) is 3.30. The number of benzene rings is 1. The van der Waals surface area contributed by atoms with Gasteiger partial charge in [0.15, 0.2) is 0 Å². The molecule has 2 rings (SSSR count). The summed E-state index contributed by atoms with van der Waals surface area (Å²) in [5.41, 5.74) is 0. The number of fused-ring (bicyclic) bond motifs is 1. The Kier molecular flexibility index (Phi) is 2.15. The van der Waals surface area contributed by atoms with E-state index >= 15 is 0 Å². The maximum absolute atomic E-state index is 4.26. The molecule has 0 spiro atoms. The van der Waals surface area contributed by atoms with Crippen LogP contribution in [0.5, 0.6) is 0 Å². The highest BCUT2D eigenvalue weighted by Crippen LogP contribution is 2.09. The highest BCUT2D eigenvalue weighted by molar-refractivity contribution is 6.73. The molecule has 0 amide bonds. The van der Waals surface area contributed by atoms with Crippen molar-refractivity contribution in [1.82, 2.24) is 4.98 Å². The third-order valence-corrected chi connectivity index (χ3v) is 3.68. The quantitative estimate of drug-likeness (QED) is 0.622. The van der Waals surface area contributed by atoms with Gasteiger partial charge in [0, 0.05) is 12.4 Å². The highest BCUT2D eigenvalue weighted by Gasteiger charge is 2.05. The van der Waals surface area contributed by atoms with Gasteiger partial charge in [0.1, 0.15) is 0 Å². The Bertz CT molecular complexity index is 418. The van der Waals surface area contributed by atoms with E-state index in [1.54, 1.807) is 0 Å². The summed E-state index contributed by atoms with van der Waals surface area (Å²) in [6.45, 7) is 4.60. The molecule has 0 atom stereocenters. The summed E-state index contributed by atoms with van der Waals surface area (Å²) < 4.78 is 0. The standard InChI is InChI=1S/C11H12NSi/c1-13(2)11-8-12-7-9-5-3-4-6-10(9)11/h3-8H,1-2H3. The molecule has 1 heterocycles. The molecule has 0 fully saturated rings. The Labute approximate surface area is 80.0 Å². The Hall–Kier alpha value is -1.15. The van der Waals surface area contributed by atoms with Gasteiger partial charge in [-0.25, -0.2) is 0 Å². The monoisotopic (exact) mass is 186 g/mol. The first-order valence-corrected chi connectivity index (χ1v) is 6.92. The van der Waals surface area contributed by atoms with Crippen molar-refractivity contribution in [2.75, 3.05) is 0 Å². The van der Waals surface area contributed by atoms with Crippen LogP contribution in [-0.2, 0) is 0 Å². The van der Waals surface area contributed by atoms with Crippen molar-refractivity contribution in [3.05, 3.63) is 36.7 Å². The first kappa shape index (κ1) is 8.45. The van der Waals surface area contributed by atoms with E-state index in [1.807, 2.05) is 12.4 Å². The van der Waals surface area contributed by atoms with Crippen LogP contribution in [0.1, 0.15) is 0 Å². The van der Waals surface area contributed by atoms with Gasteiger partial charge in [-0.15, -0.1) is 0 Å². The van der Waals surface area contributed by atoms with Crippen molar-refractivity contribution >= 4 is 24.8 Å². The zero-order chi connectivity index (χ0) is 9.26. The van der Waals surface area contributed by atoms with Crippen LogP contribution in [0.15, 0.2) is 36.7 Å². The predicted octanol–water partition coefficient (Wildman–Crippen LogP) is 2.20. The first-order chi connectivity index (χ1) is 6.29. The molecule has 1 aromatic carbocycles. The highest BCUT2D eigenvalue weighted by atomic mass is 28.3. The minimum absolute atomic E-state index is 0.400. The molecule has 2 heteroatoms. The van der Waals surface area contributed by atoms with Gasteiger partial charge in [-0.1, -0.05) is 37.4 Å². The Balaban J connectivity index is 2.76. The molecule has 0 aliphatic carbocycles. The fraction of sp³-hybridized carbons (Fsp3) is 0.182. The largest absolute Gasteiger partial charge is 0.264 e. The minimum Gasteiger partial charge on any atom is -0.264 e. The molecular formula is C11H12NSi. The minimum atomic E-state index is -0.400. The van der Waals surface area contributed by atoms with E-state index in [-0.39, 0.29) is 0 Å². The van der Waals surface area contributed by atoms with E-state index in [2.05, 4.69) is 42.3 Å². The summed E-state index contributed by atoms with van der Waals surface area (Å²) in [6, 6.07) is 8.46. The lowest BCUT2D eigenvalue weighted by Crippen LogP contribution is -2.23. The van der Waals surface area contributed by atoms with E-state index in [4.69, 9.17) is 0 Å². The maximum atomic E-state index is 4.26. The average molecular weight is 186 g/mol. The van der Waals surface area contributed by atoms with Crippen molar-refractivity contribution in [2.45, 2.75) is 13.1 Å². The molecule has 0 saturated heterocycles. The lowest BCUT2D eigenvalue weighted by atomic mass is 10.2. The summed E-state index contributed by atoms with van der Waals surface area (Å²) in [5.74, 6) is 0. The van der Waals surface area contributed by atoms with Gasteiger partial charge in [0.25, 0.3) is 0 Å². The molecule has 13 heavy (non-hydrogen) atoms. The zero-order valence-corrected chi connectivity index (χ0v) is 8.91. The molecule has 0 bridgehead atoms. The van der Waals surface area contributed by atoms with Crippen molar-refractivity contribution < 1.29 is 0 Å². The molecule has 1 nitrogen and oxygen atoms in total. The first-order valence-electron chi connectivity index (χ1n) is 4.42. The third-order valence-electron chi connectivity index (χ3n) is 2.21. The summed E-state index contributed by atoms with van der Waals surface area (Å²) in [4.78, 5) is 4.26. The second-order valence-electron chi connectivity index (χ2n) is 3.41. The maximum Gasteiger partial charge on any atom is 0.0820 e. The van der Waals surface area contributed by atoms with Crippen LogP contribution < -0.4 is 5.19 Å². The molecule has 2 aromatic rings. The summed E-state index contributed by atoms with van der Waals surface area (Å²) >= 11 is 0. The molecule has 0 aliphatic rings. The van der Waals surface area contributed by atoms with Gasteiger partial charge in [-0.3, -0.25) is 4.98 Å². The number of pyridine rings is 1. The average Bonchev–Trinajstić information content (AvgIpc) is 2.17. The smallest absolute Gasteiger partial charge is 0.0820 e. The third kappa shape index (κ3) is 1.49. The van der Waals surface area contributed by atoms with Crippen LogP contribution in [0.4, 0.5) is 0 Å². The van der Waals surface area contributed by atoms with Crippen LogP contribution in [0, 0.1) is 0 Å². The lowest BCUT2D eigenvalue weighted by Gasteiger charge is -2.06. The van der Waals surface area contributed by atoms with Gasteiger partial charge in [0.05, 0.1) is 8.80 Å². The van der Waals surface area contributed by atoms with Crippen LogP contribution in [-0.4, -0.2) is 13.8 Å². The summed E-state index contributed by atoms with van der Waals surface area (Å²) in [5, 5.41) is 4.06. The molecule has 0 N–H and O–H groups in total. The zero-order valence-electron chi connectivity index (χ0n) is 7.91. The van der Waals surface area contributed by atoms with Crippen LogP contribution in [0.2, 0.25) is 13.1 Å². The topological polar surface area (TPSA) is 12.9 Å². The molecular weight excluding hydrogens is 174 g/mol. The number of hydrogen-bond acceptors (Lipinski definition) is 1. The Morgan fingerprint density at radius 3 is 2.62 bits per heavy atom. The molecule has 1 aromatic heterocycles. The van der Waals surface area contributed by atoms with Gasteiger partial charge in [-0.05, 0) is 16.0 Å². The number of hydrogen-bond donors (Lipinski definition) is 0. The molecule has 0 saturated carbocycles. The van der Waals surface area contributed by atoms with Crippen LogP contribution in [0.25, 0.3) is 10.8 Å². The molecule has 65 valence electrons.